The van der Waals surface area contributed by atoms with E-state index >= 15 is 0 Å². The molecule has 0 amide bonds. The standard InChI is InChI=1S/C14H22N2O/c1-2-3-8-17-11-14-5-4-12(10-16-14)9-15-13-6-7-13/h4-5,10,13,15H,2-3,6-9,11H2,1H3. The highest BCUT2D eigenvalue weighted by molar-refractivity contribution is 5.13. The summed E-state index contributed by atoms with van der Waals surface area (Å²) in [6.07, 6.45) is 6.92. The lowest BCUT2D eigenvalue weighted by Crippen LogP contribution is -2.15. The van der Waals surface area contributed by atoms with Gasteiger partial charge in [-0.3, -0.25) is 4.98 Å². The summed E-state index contributed by atoms with van der Waals surface area (Å²) in [4.78, 5) is 4.41. The Kier molecular flexibility index (Phi) is 4.95. The van der Waals surface area contributed by atoms with Gasteiger partial charge in [-0.05, 0) is 30.9 Å². The Hall–Kier alpha value is -0.930. The van der Waals surface area contributed by atoms with E-state index in [9.17, 15) is 0 Å². The van der Waals surface area contributed by atoms with Crippen LogP contribution in [-0.2, 0) is 17.9 Å². The second-order valence-corrected chi connectivity index (χ2v) is 4.72. The van der Waals surface area contributed by atoms with E-state index in [0.29, 0.717) is 6.61 Å². The van der Waals surface area contributed by atoms with Crippen LogP contribution >= 0.6 is 0 Å². The summed E-state index contributed by atoms with van der Waals surface area (Å²) < 4.78 is 5.53. The number of unbranched alkanes of at least 4 members (excludes halogenated alkanes) is 1. The number of pyridine rings is 1. The Morgan fingerprint density at radius 1 is 1.41 bits per heavy atom. The van der Waals surface area contributed by atoms with Gasteiger partial charge in [0.15, 0.2) is 0 Å². The van der Waals surface area contributed by atoms with Crippen LogP contribution in [0.1, 0.15) is 43.9 Å². The predicted octanol–water partition coefficient (Wildman–Crippen LogP) is 2.65. The molecule has 1 aromatic rings. The van der Waals surface area contributed by atoms with Gasteiger partial charge in [0.05, 0.1) is 12.3 Å². The Balaban J connectivity index is 1.68. The van der Waals surface area contributed by atoms with Crippen molar-refractivity contribution in [2.45, 2.75) is 51.8 Å². The van der Waals surface area contributed by atoms with Crippen LogP contribution in [0.5, 0.6) is 0 Å². The third-order valence-electron chi connectivity index (χ3n) is 2.95. The maximum absolute atomic E-state index is 5.53. The number of aromatic nitrogens is 1. The fraction of sp³-hybridized carbons (Fsp3) is 0.643. The summed E-state index contributed by atoms with van der Waals surface area (Å²) in [5.74, 6) is 0. The number of nitrogens with zero attached hydrogens (tertiary/aromatic N) is 1. The van der Waals surface area contributed by atoms with E-state index in [2.05, 4.69) is 29.4 Å². The molecule has 3 heteroatoms. The summed E-state index contributed by atoms with van der Waals surface area (Å²) >= 11 is 0. The zero-order valence-corrected chi connectivity index (χ0v) is 10.6. The van der Waals surface area contributed by atoms with Gasteiger partial charge < -0.3 is 10.1 Å². The van der Waals surface area contributed by atoms with Crippen LogP contribution in [0.2, 0.25) is 0 Å². The van der Waals surface area contributed by atoms with E-state index in [1.807, 2.05) is 6.20 Å². The molecule has 0 spiro atoms. The summed E-state index contributed by atoms with van der Waals surface area (Å²) in [7, 11) is 0. The number of hydrogen-bond acceptors (Lipinski definition) is 3. The highest BCUT2D eigenvalue weighted by Crippen LogP contribution is 2.19. The third kappa shape index (κ3) is 4.84. The molecule has 1 heterocycles. The molecule has 1 aliphatic carbocycles. The van der Waals surface area contributed by atoms with Gasteiger partial charge in [-0.1, -0.05) is 19.4 Å². The summed E-state index contributed by atoms with van der Waals surface area (Å²) in [6.45, 7) is 4.58. The molecule has 94 valence electrons. The lowest BCUT2D eigenvalue weighted by atomic mass is 10.2. The van der Waals surface area contributed by atoms with E-state index in [1.54, 1.807) is 0 Å². The van der Waals surface area contributed by atoms with Gasteiger partial charge in [0.1, 0.15) is 0 Å². The van der Waals surface area contributed by atoms with Crippen molar-refractivity contribution in [2.75, 3.05) is 6.61 Å². The first-order valence-corrected chi connectivity index (χ1v) is 6.63. The number of rotatable bonds is 8. The second kappa shape index (κ2) is 6.72. The number of nitrogens with one attached hydrogen (secondary N) is 1. The van der Waals surface area contributed by atoms with Crippen LogP contribution in [0.15, 0.2) is 18.3 Å². The average Bonchev–Trinajstić information content (AvgIpc) is 3.18. The average molecular weight is 234 g/mol. The Morgan fingerprint density at radius 3 is 2.94 bits per heavy atom. The first-order chi connectivity index (χ1) is 8.38. The molecular weight excluding hydrogens is 212 g/mol. The molecule has 0 unspecified atom stereocenters. The van der Waals surface area contributed by atoms with Gasteiger partial charge in [-0.15, -0.1) is 0 Å². The van der Waals surface area contributed by atoms with Crippen molar-refractivity contribution in [2.24, 2.45) is 0 Å². The topological polar surface area (TPSA) is 34.1 Å². The molecule has 17 heavy (non-hydrogen) atoms. The zero-order valence-electron chi connectivity index (χ0n) is 10.6. The van der Waals surface area contributed by atoms with Gasteiger partial charge in [-0.2, -0.15) is 0 Å². The highest BCUT2D eigenvalue weighted by atomic mass is 16.5. The molecule has 1 aliphatic rings. The molecule has 0 saturated heterocycles. The summed E-state index contributed by atoms with van der Waals surface area (Å²) in [5.41, 5.74) is 2.28. The van der Waals surface area contributed by atoms with Crippen molar-refractivity contribution in [1.82, 2.24) is 10.3 Å². The van der Waals surface area contributed by atoms with Crippen molar-refractivity contribution in [3.05, 3.63) is 29.6 Å². The number of hydrogen-bond donors (Lipinski definition) is 1. The maximum Gasteiger partial charge on any atom is 0.0887 e. The first kappa shape index (κ1) is 12.5. The zero-order chi connectivity index (χ0) is 11.9. The third-order valence-corrected chi connectivity index (χ3v) is 2.95. The van der Waals surface area contributed by atoms with E-state index in [1.165, 1.54) is 24.8 Å². The van der Waals surface area contributed by atoms with E-state index < -0.39 is 0 Å². The van der Waals surface area contributed by atoms with E-state index in [4.69, 9.17) is 4.74 Å². The van der Waals surface area contributed by atoms with Gasteiger partial charge in [0.25, 0.3) is 0 Å². The van der Waals surface area contributed by atoms with Crippen molar-refractivity contribution in [1.29, 1.82) is 0 Å². The molecule has 3 nitrogen and oxygen atoms in total. The quantitative estimate of drug-likeness (QED) is 0.702. The van der Waals surface area contributed by atoms with Gasteiger partial charge in [0.2, 0.25) is 0 Å². The molecule has 0 radical (unpaired) electrons. The smallest absolute Gasteiger partial charge is 0.0887 e. The molecule has 1 aromatic heterocycles. The normalized spacial score (nSPS) is 15.1. The van der Waals surface area contributed by atoms with E-state index in [-0.39, 0.29) is 0 Å². The van der Waals surface area contributed by atoms with Crippen LogP contribution in [0.3, 0.4) is 0 Å². The van der Waals surface area contributed by atoms with E-state index in [0.717, 1.165) is 31.3 Å². The van der Waals surface area contributed by atoms with Gasteiger partial charge in [0, 0.05) is 25.4 Å². The fourth-order valence-electron chi connectivity index (χ4n) is 1.62. The monoisotopic (exact) mass is 234 g/mol. The van der Waals surface area contributed by atoms with Crippen LogP contribution in [0.25, 0.3) is 0 Å². The Labute approximate surface area is 104 Å². The highest BCUT2D eigenvalue weighted by Gasteiger charge is 2.19. The first-order valence-electron chi connectivity index (χ1n) is 6.63. The largest absolute Gasteiger partial charge is 0.375 e. The Bertz CT molecular complexity index is 319. The summed E-state index contributed by atoms with van der Waals surface area (Å²) in [6, 6.07) is 4.96. The maximum atomic E-state index is 5.53. The van der Waals surface area contributed by atoms with Crippen LogP contribution < -0.4 is 5.32 Å². The predicted molar refractivity (Wildman–Crippen MR) is 68.7 cm³/mol. The minimum atomic E-state index is 0.635. The summed E-state index contributed by atoms with van der Waals surface area (Å²) in [5, 5.41) is 3.48. The molecule has 0 bridgehead atoms. The molecule has 1 N–H and O–H groups in total. The Morgan fingerprint density at radius 2 is 2.29 bits per heavy atom. The lowest BCUT2D eigenvalue weighted by Gasteiger charge is -2.05. The SMILES string of the molecule is CCCCOCc1ccc(CNC2CC2)cn1. The van der Waals surface area contributed by atoms with Crippen molar-refractivity contribution in [3.8, 4) is 0 Å². The number of ether oxygens (including phenoxy) is 1. The lowest BCUT2D eigenvalue weighted by molar-refractivity contribution is 0.115. The molecular formula is C14H22N2O. The van der Waals surface area contributed by atoms with Crippen LogP contribution in [0, 0.1) is 0 Å². The second-order valence-electron chi connectivity index (χ2n) is 4.72. The molecule has 0 aliphatic heterocycles. The molecule has 1 fully saturated rings. The molecule has 0 aromatic carbocycles. The van der Waals surface area contributed by atoms with Crippen LogP contribution in [0.4, 0.5) is 0 Å². The minimum absolute atomic E-state index is 0.635. The van der Waals surface area contributed by atoms with Crippen molar-refractivity contribution in [3.63, 3.8) is 0 Å². The minimum Gasteiger partial charge on any atom is -0.375 e. The van der Waals surface area contributed by atoms with Crippen LogP contribution in [-0.4, -0.2) is 17.6 Å². The van der Waals surface area contributed by atoms with Crippen molar-refractivity contribution >= 4 is 0 Å². The molecule has 1 saturated carbocycles. The van der Waals surface area contributed by atoms with Gasteiger partial charge >= 0.3 is 0 Å². The fourth-order valence-corrected chi connectivity index (χ4v) is 1.62. The molecule has 2 rings (SSSR count). The van der Waals surface area contributed by atoms with Crippen molar-refractivity contribution < 1.29 is 4.74 Å². The van der Waals surface area contributed by atoms with Gasteiger partial charge in [-0.25, -0.2) is 0 Å². The molecule has 0 atom stereocenters.